The van der Waals surface area contributed by atoms with Gasteiger partial charge in [0.1, 0.15) is 0 Å². The lowest BCUT2D eigenvalue weighted by Crippen LogP contribution is -1.96. The van der Waals surface area contributed by atoms with Crippen molar-refractivity contribution in [2.75, 3.05) is 6.26 Å². The lowest BCUT2D eigenvalue weighted by Gasteiger charge is -2.07. The first-order valence-electron chi connectivity index (χ1n) is 6.42. The smallest absolute Gasteiger partial charge is 0.0906 e. The number of hydrogen-bond acceptors (Lipinski definition) is 4. The highest BCUT2D eigenvalue weighted by Gasteiger charge is 2.10. The van der Waals surface area contributed by atoms with Gasteiger partial charge < -0.3 is 0 Å². The molecule has 5 heteroatoms. The standard InChI is InChI=1S/C16H13N3OS/c1-21(20)12-10-15(13-6-2-4-8-17-13)19-16(11-12)14-7-3-5-9-18-14/h2-11H,1H3/t21-/m0/s1. The predicted octanol–water partition coefficient (Wildman–Crippen LogP) is 2.94. The van der Waals surface area contributed by atoms with Gasteiger partial charge in [0, 0.05) is 34.3 Å². The van der Waals surface area contributed by atoms with Crippen LogP contribution in [0.25, 0.3) is 22.8 Å². The van der Waals surface area contributed by atoms with Crippen molar-refractivity contribution in [1.29, 1.82) is 0 Å². The molecule has 104 valence electrons. The minimum Gasteiger partial charge on any atom is -0.255 e. The fraction of sp³-hybridized carbons (Fsp3) is 0.0625. The van der Waals surface area contributed by atoms with Crippen LogP contribution in [0.3, 0.4) is 0 Å². The maximum Gasteiger partial charge on any atom is 0.0906 e. The average molecular weight is 295 g/mol. The molecule has 3 aromatic heterocycles. The van der Waals surface area contributed by atoms with Crippen molar-refractivity contribution in [3.8, 4) is 22.8 Å². The fourth-order valence-electron chi connectivity index (χ4n) is 1.96. The first-order valence-corrected chi connectivity index (χ1v) is 7.98. The predicted molar refractivity (Wildman–Crippen MR) is 83.0 cm³/mol. The number of hydrogen-bond donors (Lipinski definition) is 0. The van der Waals surface area contributed by atoms with Crippen LogP contribution >= 0.6 is 0 Å². The van der Waals surface area contributed by atoms with Crippen LogP contribution in [0.1, 0.15) is 0 Å². The van der Waals surface area contributed by atoms with E-state index in [0.29, 0.717) is 16.3 Å². The largest absolute Gasteiger partial charge is 0.255 e. The molecule has 0 aliphatic carbocycles. The molecule has 1 atom stereocenters. The highest BCUT2D eigenvalue weighted by molar-refractivity contribution is 7.84. The molecule has 0 bridgehead atoms. The zero-order chi connectivity index (χ0) is 14.7. The third-order valence-corrected chi connectivity index (χ3v) is 3.88. The highest BCUT2D eigenvalue weighted by Crippen LogP contribution is 2.23. The SMILES string of the molecule is C[S@](=O)c1cc(-c2ccccn2)nc(-c2ccccn2)c1. The first kappa shape index (κ1) is 13.6. The van der Waals surface area contributed by atoms with E-state index >= 15 is 0 Å². The molecule has 0 fully saturated rings. The molecule has 3 rings (SSSR count). The van der Waals surface area contributed by atoms with Gasteiger partial charge in [-0.1, -0.05) is 12.1 Å². The normalized spacial score (nSPS) is 12.0. The minimum atomic E-state index is -1.09. The van der Waals surface area contributed by atoms with E-state index in [1.54, 1.807) is 18.6 Å². The average Bonchev–Trinajstić information content (AvgIpc) is 2.56. The van der Waals surface area contributed by atoms with E-state index < -0.39 is 10.8 Å². The van der Waals surface area contributed by atoms with Crippen molar-refractivity contribution in [1.82, 2.24) is 15.0 Å². The van der Waals surface area contributed by atoms with Crippen LogP contribution in [0, 0.1) is 0 Å². The van der Waals surface area contributed by atoms with Crippen LogP contribution in [-0.2, 0) is 10.8 Å². The molecular weight excluding hydrogens is 282 g/mol. The Morgan fingerprint density at radius 2 is 1.33 bits per heavy atom. The van der Waals surface area contributed by atoms with Crippen LogP contribution < -0.4 is 0 Å². The molecular formula is C16H13N3OS. The number of rotatable bonds is 3. The van der Waals surface area contributed by atoms with Crippen molar-refractivity contribution in [2.24, 2.45) is 0 Å². The Labute approximate surface area is 125 Å². The summed E-state index contributed by atoms with van der Waals surface area (Å²) in [6.07, 6.45) is 5.08. The topological polar surface area (TPSA) is 55.7 Å². The Morgan fingerprint density at radius 1 is 0.810 bits per heavy atom. The van der Waals surface area contributed by atoms with Gasteiger partial charge >= 0.3 is 0 Å². The van der Waals surface area contributed by atoms with Gasteiger partial charge in [-0.25, -0.2) is 4.98 Å². The van der Waals surface area contributed by atoms with Crippen LogP contribution in [-0.4, -0.2) is 25.4 Å². The summed E-state index contributed by atoms with van der Waals surface area (Å²) in [6, 6.07) is 14.9. The summed E-state index contributed by atoms with van der Waals surface area (Å²) in [4.78, 5) is 13.9. The van der Waals surface area contributed by atoms with Crippen molar-refractivity contribution >= 4 is 10.8 Å². The Hall–Kier alpha value is -2.40. The first-order chi connectivity index (χ1) is 10.2. The molecule has 0 amide bonds. The van der Waals surface area contributed by atoms with E-state index in [1.807, 2.05) is 48.5 Å². The number of aromatic nitrogens is 3. The van der Waals surface area contributed by atoms with Gasteiger partial charge in [0.25, 0.3) is 0 Å². The van der Waals surface area contributed by atoms with Crippen molar-refractivity contribution < 1.29 is 4.21 Å². The van der Waals surface area contributed by atoms with Gasteiger partial charge in [0.15, 0.2) is 0 Å². The monoisotopic (exact) mass is 295 g/mol. The molecule has 0 spiro atoms. The van der Waals surface area contributed by atoms with Gasteiger partial charge in [0.2, 0.25) is 0 Å². The van der Waals surface area contributed by atoms with E-state index in [0.717, 1.165) is 11.4 Å². The van der Waals surface area contributed by atoms with Crippen LogP contribution in [0.2, 0.25) is 0 Å². The van der Waals surface area contributed by atoms with Crippen molar-refractivity contribution in [3.63, 3.8) is 0 Å². The summed E-state index contributed by atoms with van der Waals surface area (Å²) >= 11 is 0. The summed E-state index contributed by atoms with van der Waals surface area (Å²) in [6.45, 7) is 0. The summed E-state index contributed by atoms with van der Waals surface area (Å²) < 4.78 is 11.9. The summed E-state index contributed by atoms with van der Waals surface area (Å²) in [5, 5.41) is 0. The zero-order valence-electron chi connectivity index (χ0n) is 11.4. The van der Waals surface area contributed by atoms with Gasteiger partial charge in [-0.3, -0.25) is 14.2 Å². The maximum atomic E-state index is 11.9. The molecule has 0 N–H and O–H groups in total. The van der Waals surface area contributed by atoms with E-state index in [2.05, 4.69) is 15.0 Å². The van der Waals surface area contributed by atoms with Gasteiger partial charge in [0.05, 0.1) is 22.8 Å². The second kappa shape index (κ2) is 5.93. The zero-order valence-corrected chi connectivity index (χ0v) is 12.2. The lowest BCUT2D eigenvalue weighted by molar-refractivity contribution is 0.686. The molecule has 3 aromatic rings. The molecule has 0 saturated carbocycles. The quantitative estimate of drug-likeness (QED) is 0.745. The number of nitrogens with zero attached hydrogens (tertiary/aromatic N) is 3. The Kier molecular flexibility index (Phi) is 3.83. The summed E-state index contributed by atoms with van der Waals surface area (Å²) in [5.41, 5.74) is 2.90. The Balaban J connectivity index is 2.18. The van der Waals surface area contributed by atoms with Gasteiger partial charge in [-0.2, -0.15) is 0 Å². The molecule has 0 aliphatic rings. The highest BCUT2D eigenvalue weighted by atomic mass is 32.2. The van der Waals surface area contributed by atoms with Gasteiger partial charge in [-0.15, -0.1) is 0 Å². The van der Waals surface area contributed by atoms with E-state index in [1.165, 1.54) is 0 Å². The van der Waals surface area contributed by atoms with E-state index in [4.69, 9.17) is 0 Å². The van der Waals surface area contributed by atoms with E-state index in [-0.39, 0.29) is 0 Å². The molecule has 0 saturated heterocycles. The van der Waals surface area contributed by atoms with E-state index in [9.17, 15) is 4.21 Å². The van der Waals surface area contributed by atoms with Crippen molar-refractivity contribution in [2.45, 2.75) is 4.90 Å². The third kappa shape index (κ3) is 3.03. The maximum absolute atomic E-state index is 11.9. The molecule has 21 heavy (non-hydrogen) atoms. The summed E-state index contributed by atoms with van der Waals surface area (Å²) in [5.74, 6) is 0. The molecule has 0 aliphatic heterocycles. The lowest BCUT2D eigenvalue weighted by atomic mass is 10.2. The second-order valence-electron chi connectivity index (χ2n) is 4.46. The third-order valence-electron chi connectivity index (χ3n) is 2.99. The van der Waals surface area contributed by atoms with Gasteiger partial charge in [-0.05, 0) is 36.4 Å². The van der Waals surface area contributed by atoms with Crippen LogP contribution in [0.15, 0.2) is 65.8 Å². The molecule has 0 aromatic carbocycles. The molecule has 0 radical (unpaired) electrons. The summed E-state index contributed by atoms with van der Waals surface area (Å²) in [7, 11) is -1.09. The minimum absolute atomic E-state index is 0.698. The fourth-order valence-corrected chi connectivity index (χ4v) is 2.52. The molecule has 0 unspecified atom stereocenters. The van der Waals surface area contributed by atoms with Crippen molar-refractivity contribution in [3.05, 3.63) is 60.9 Å². The Bertz CT molecular complexity index is 718. The van der Waals surface area contributed by atoms with Crippen LogP contribution in [0.5, 0.6) is 0 Å². The van der Waals surface area contributed by atoms with Crippen LogP contribution in [0.4, 0.5) is 0 Å². The molecule has 3 heterocycles. The second-order valence-corrected chi connectivity index (χ2v) is 5.84. The Morgan fingerprint density at radius 3 is 1.71 bits per heavy atom. The molecule has 4 nitrogen and oxygen atoms in total. The number of pyridine rings is 3.